The first-order chi connectivity index (χ1) is 13.5. The lowest BCUT2D eigenvalue weighted by molar-refractivity contribution is -0.139. The summed E-state index contributed by atoms with van der Waals surface area (Å²) in [5.74, 6) is -0.576. The number of pyridine rings is 2. The number of imidazole rings is 1. The molecule has 0 amide bonds. The van der Waals surface area contributed by atoms with Gasteiger partial charge < -0.3 is 4.74 Å². The van der Waals surface area contributed by atoms with Gasteiger partial charge in [0.15, 0.2) is 5.15 Å². The van der Waals surface area contributed by atoms with Gasteiger partial charge in [0.1, 0.15) is 17.9 Å². The van der Waals surface area contributed by atoms with E-state index in [9.17, 15) is 9.59 Å². The molecular weight excluding hydrogens is 380 g/mol. The zero-order chi connectivity index (χ0) is 19.7. The van der Waals surface area contributed by atoms with Crippen molar-refractivity contribution in [3.8, 4) is 0 Å². The lowest BCUT2D eigenvalue weighted by Gasteiger charge is -2.05. The van der Waals surface area contributed by atoms with Crippen LogP contribution in [0.5, 0.6) is 0 Å². The van der Waals surface area contributed by atoms with Crippen LogP contribution in [0.3, 0.4) is 0 Å². The zero-order valence-electron chi connectivity index (χ0n) is 14.9. The van der Waals surface area contributed by atoms with Gasteiger partial charge in [-0.25, -0.2) is 14.8 Å². The molecule has 0 saturated heterocycles. The zero-order valence-corrected chi connectivity index (χ0v) is 15.6. The summed E-state index contributed by atoms with van der Waals surface area (Å²) in [6.07, 6.45) is 6.31. The number of carbonyl (C=O) groups excluding carboxylic acids is 1. The molecular formula is C20H15ClN4O3. The molecule has 0 saturated carbocycles. The summed E-state index contributed by atoms with van der Waals surface area (Å²) in [6.45, 7) is 1.79. The second-order valence-corrected chi connectivity index (χ2v) is 6.54. The van der Waals surface area contributed by atoms with Crippen molar-refractivity contribution in [2.45, 2.75) is 13.5 Å². The number of halogens is 1. The van der Waals surface area contributed by atoms with E-state index in [0.717, 1.165) is 5.56 Å². The molecule has 0 radical (unpaired) electrons. The van der Waals surface area contributed by atoms with Crippen molar-refractivity contribution in [1.82, 2.24) is 18.8 Å². The van der Waals surface area contributed by atoms with Crippen LogP contribution < -0.4 is 5.56 Å². The van der Waals surface area contributed by atoms with Crippen molar-refractivity contribution in [2.75, 3.05) is 0 Å². The first kappa shape index (κ1) is 17.9. The van der Waals surface area contributed by atoms with E-state index < -0.39 is 5.97 Å². The van der Waals surface area contributed by atoms with Crippen molar-refractivity contribution < 1.29 is 9.53 Å². The molecule has 0 aromatic carbocycles. The number of aromatic nitrogens is 4. The third-order valence-electron chi connectivity index (χ3n) is 4.12. The summed E-state index contributed by atoms with van der Waals surface area (Å²) in [7, 11) is 0. The van der Waals surface area contributed by atoms with E-state index in [0.29, 0.717) is 22.7 Å². The fraction of sp³-hybridized carbons (Fsp3) is 0.100. The second-order valence-electron chi connectivity index (χ2n) is 6.18. The predicted octanol–water partition coefficient (Wildman–Crippen LogP) is 3.06. The Bertz CT molecular complexity index is 1290. The molecule has 0 bridgehead atoms. The van der Waals surface area contributed by atoms with Gasteiger partial charge in [0.2, 0.25) is 0 Å². The lowest BCUT2D eigenvalue weighted by Crippen LogP contribution is -2.16. The summed E-state index contributed by atoms with van der Waals surface area (Å²) in [5, 5.41) is 0.287. The minimum absolute atomic E-state index is 0.107. The highest BCUT2D eigenvalue weighted by atomic mass is 35.5. The number of hydrogen-bond acceptors (Lipinski definition) is 5. The minimum atomic E-state index is -0.576. The molecule has 4 aromatic rings. The van der Waals surface area contributed by atoms with Crippen molar-refractivity contribution in [1.29, 1.82) is 0 Å². The van der Waals surface area contributed by atoms with Crippen LogP contribution in [0.25, 0.3) is 17.4 Å². The van der Waals surface area contributed by atoms with Gasteiger partial charge in [0.05, 0.1) is 11.4 Å². The number of hydrogen-bond donors (Lipinski definition) is 0. The summed E-state index contributed by atoms with van der Waals surface area (Å²) in [5.41, 5.74) is 2.85. The van der Waals surface area contributed by atoms with Crippen molar-refractivity contribution in [2.24, 2.45) is 0 Å². The molecule has 4 aromatic heterocycles. The van der Waals surface area contributed by atoms with Crippen LogP contribution >= 0.6 is 11.6 Å². The molecule has 0 unspecified atom stereocenters. The van der Waals surface area contributed by atoms with Gasteiger partial charge in [-0.3, -0.25) is 13.6 Å². The Morgan fingerprint density at radius 2 is 2.00 bits per heavy atom. The normalized spacial score (nSPS) is 11.5. The molecule has 0 aliphatic heterocycles. The number of carbonyl (C=O) groups is 1. The highest BCUT2D eigenvalue weighted by Crippen LogP contribution is 2.18. The van der Waals surface area contributed by atoms with Gasteiger partial charge in [-0.1, -0.05) is 23.7 Å². The molecule has 28 heavy (non-hydrogen) atoms. The Kier molecular flexibility index (Phi) is 4.67. The molecule has 7 nitrogen and oxygen atoms in total. The summed E-state index contributed by atoms with van der Waals surface area (Å²) in [6, 6.07) is 10.5. The Morgan fingerprint density at radius 1 is 1.18 bits per heavy atom. The first-order valence-corrected chi connectivity index (χ1v) is 8.85. The smallest absolute Gasteiger partial charge is 0.331 e. The molecule has 140 valence electrons. The van der Waals surface area contributed by atoms with Gasteiger partial charge in [-0.15, -0.1) is 0 Å². The lowest BCUT2D eigenvalue weighted by atomic mass is 10.3. The molecule has 0 aliphatic carbocycles. The molecule has 8 heteroatoms. The van der Waals surface area contributed by atoms with Gasteiger partial charge in [-0.2, -0.15) is 0 Å². The van der Waals surface area contributed by atoms with Crippen LogP contribution in [0.15, 0.2) is 59.7 Å². The number of rotatable bonds is 4. The van der Waals surface area contributed by atoms with Gasteiger partial charge in [0, 0.05) is 24.5 Å². The van der Waals surface area contributed by atoms with Crippen LogP contribution in [0.1, 0.15) is 17.0 Å². The number of ether oxygens (including phenoxy) is 1. The highest BCUT2D eigenvalue weighted by Gasteiger charge is 2.09. The van der Waals surface area contributed by atoms with Crippen molar-refractivity contribution >= 4 is 34.9 Å². The van der Waals surface area contributed by atoms with Crippen molar-refractivity contribution in [3.05, 3.63) is 87.3 Å². The molecule has 0 atom stereocenters. The average molecular weight is 395 g/mol. The monoisotopic (exact) mass is 394 g/mol. The maximum absolute atomic E-state index is 12.2. The quantitative estimate of drug-likeness (QED) is 0.392. The van der Waals surface area contributed by atoms with E-state index in [4.69, 9.17) is 16.3 Å². The molecule has 4 rings (SSSR count). The first-order valence-electron chi connectivity index (χ1n) is 8.47. The molecule has 4 heterocycles. The Labute approximate surface area is 164 Å². The van der Waals surface area contributed by atoms with Crippen LogP contribution in [-0.2, 0) is 16.1 Å². The maximum Gasteiger partial charge on any atom is 0.331 e. The molecule has 0 fully saturated rings. The predicted molar refractivity (Wildman–Crippen MR) is 105 cm³/mol. The SMILES string of the molecule is Cc1ccc2nc(COC(=O)/C=C/c3c(Cl)nc4ccccn34)cc(=O)n2c1. The van der Waals surface area contributed by atoms with E-state index in [-0.39, 0.29) is 17.3 Å². The third-order valence-corrected chi connectivity index (χ3v) is 4.40. The maximum atomic E-state index is 12.2. The van der Waals surface area contributed by atoms with E-state index >= 15 is 0 Å². The van der Waals surface area contributed by atoms with E-state index in [1.165, 1.54) is 22.6 Å². The minimum Gasteiger partial charge on any atom is -0.456 e. The van der Waals surface area contributed by atoms with Gasteiger partial charge >= 0.3 is 5.97 Å². The fourth-order valence-electron chi connectivity index (χ4n) is 2.81. The topological polar surface area (TPSA) is 78.0 Å². The Hall–Kier alpha value is -3.45. The Morgan fingerprint density at radius 3 is 2.86 bits per heavy atom. The number of esters is 1. The summed E-state index contributed by atoms with van der Waals surface area (Å²) < 4.78 is 8.41. The average Bonchev–Trinajstić information content (AvgIpc) is 3.00. The standard InChI is InChI=1S/C20H15ClN4O3/c1-13-5-7-17-22-14(10-18(26)25(17)11-13)12-28-19(27)8-6-15-20(21)23-16-4-2-3-9-24(15)16/h2-11H,12H2,1H3/b8-6+. The summed E-state index contributed by atoms with van der Waals surface area (Å²) >= 11 is 6.13. The highest BCUT2D eigenvalue weighted by molar-refractivity contribution is 6.31. The largest absolute Gasteiger partial charge is 0.456 e. The van der Waals surface area contributed by atoms with Crippen LogP contribution in [-0.4, -0.2) is 24.7 Å². The van der Waals surface area contributed by atoms with Crippen LogP contribution in [0.4, 0.5) is 0 Å². The van der Waals surface area contributed by atoms with Crippen LogP contribution in [0.2, 0.25) is 5.15 Å². The molecule has 0 aliphatic rings. The summed E-state index contributed by atoms with van der Waals surface area (Å²) in [4.78, 5) is 32.8. The van der Waals surface area contributed by atoms with Gasteiger partial charge in [0.25, 0.3) is 5.56 Å². The molecule has 0 spiro atoms. The molecule has 0 N–H and O–H groups in total. The Balaban J connectivity index is 1.49. The van der Waals surface area contributed by atoms with Gasteiger partial charge in [-0.05, 0) is 36.8 Å². The van der Waals surface area contributed by atoms with Crippen molar-refractivity contribution in [3.63, 3.8) is 0 Å². The fourth-order valence-corrected chi connectivity index (χ4v) is 3.05. The third kappa shape index (κ3) is 3.52. The van der Waals surface area contributed by atoms with Crippen LogP contribution in [0, 0.1) is 6.92 Å². The van der Waals surface area contributed by atoms with E-state index in [1.807, 2.05) is 31.2 Å². The van der Waals surface area contributed by atoms with E-state index in [2.05, 4.69) is 9.97 Å². The second kappa shape index (κ2) is 7.28. The van der Waals surface area contributed by atoms with E-state index in [1.54, 1.807) is 22.9 Å². The number of aryl methyl sites for hydroxylation is 1. The number of nitrogens with zero attached hydrogens (tertiary/aromatic N) is 4. The number of fused-ring (bicyclic) bond motifs is 2.